The van der Waals surface area contributed by atoms with Crippen LogP contribution in [0.4, 0.5) is 10.1 Å². The van der Waals surface area contributed by atoms with Gasteiger partial charge in [0.2, 0.25) is 0 Å². The van der Waals surface area contributed by atoms with Crippen molar-refractivity contribution in [3.63, 3.8) is 0 Å². The molecular formula is C15H16FN. The van der Waals surface area contributed by atoms with Gasteiger partial charge in [-0.15, -0.1) is 0 Å². The van der Waals surface area contributed by atoms with Crippen molar-refractivity contribution >= 4 is 5.69 Å². The molecular weight excluding hydrogens is 213 g/mol. The average molecular weight is 229 g/mol. The van der Waals surface area contributed by atoms with E-state index in [0.717, 1.165) is 17.7 Å². The quantitative estimate of drug-likeness (QED) is 0.844. The summed E-state index contributed by atoms with van der Waals surface area (Å²) in [6.07, 6.45) is 0.838. The van der Waals surface area contributed by atoms with Crippen LogP contribution in [0.3, 0.4) is 0 Å². The van der Waals surface area contributed by atoms with Gasteiger partial charge in [-0.25, -0.2) is 4.39 Å². The molecule has 0 unspecified atom stereocenters. The summed E-state index contributed by atoms with van der Waals surface area (Å²) >= 11 is 0. The van der Waals surface area contributed by atoms with Gasteiger partial charge in [0.05, 0.1) is 0 Å². The van der Waals surface area contributed by atoms with Gasteiger partial charge in [-0.1, -0.05) is 24.3 Å². The van der Waals surface area contributed by atoms with E-state index in [-0.39, 0.29) is 5.82 Å². The van der Waals surface area contributed by atoms with Crippen LogP contribution in [0.5, 0.6) is 0 Å². The second-order valence-corrected chi connectivity index (χ2v) is 4.21. The fraction of sp³-hybridized carbons (Fsp3) is 0.200. The Bertz CT molecular complexity index is 503. The zero-order chi connectivity index (χ0) is 12.3. The van der Waals surface area contributed by atoms with Crippen molar-refractivity contribution in [2.75, 3.05) is 12.4 Å². The van der Waals surface area contributed by atoms with Gasteiger partial charge in [0.25, 0.3) is 0 Å². The lowest BCUT2D eigenvalue weighted by Gasteiger charge is -2.05. The molecule has 2 aromatic rings. The lowest BCUT2D eigenvalue weighted by Crippen LogP contribution is -1.92. The summed E-state index contributed by atoms with van der Waals surface area (Å²) in [6.45, 7) is 1.79. The average Bonchev–Trinajstić information content (AvgIpc) is 2.35. The molecule has 0 saturated heterocycles. The molecule has 2 heteroatoms. The highest BCUT2D eigenvalue weighted by molar-refractivity contribution is 5.44. The van der Waals surface area contributed by atoms with Gasteiger partial charge in [-0.05, 0) is 48.2 Å². The van der Waals surface area contributed by atoms with Crippen molar-refractivity contribution in [3.8, 4) is 0 Å². The fourth-order valence-corrected chi connectivity index (χ4v) is 1.84. The number of rotatable bonds is 3. The van der Waals surface area contributed by atoms with Gasteiger partial charge in [-0.2, -0.15) is 0 Å². The van der Waals surface area contributed by atoms with Gasteiger partial charge in [0, 0.05) is 12.7 Å². The van der Waals surface area contributed by atoms with Crippen LogP contribution in [0.2, 0.25) is 0 Å². The Kier molecular flexibility index (Phi) is 3.43. The number of aryl methyl sites for hydroxylation is 1. The summed E-state index contributed by atoms with van der Waals surface area (Å²) in [7, 11) is 1.90. The highest BCUT2D eigenvalue weighted by Crippen LogP contribution is 2.15. The summed E-state index contributed by atoms with van der Waals surface area (Å²) in [5.41, 5.74) is 4.18. The monoisotopic (exact) mass is 229 g/mol. The first kappa shape index (κ1) is 11.6. The molecule has 88 valence electrons. The van der Waals surface area contributed by atoms with Crippen molar-refractivity contribution in [1.29, 1.82) is 0 Å². The number of anilines is 1. The lowest BCUT2D eigenvalue weighted by atomic mass is 10.0. The third-order valence-electron chi connectivity index (χ3n) is 2.87. The first-order valence-corrected chi connectivity index (χ1v) is 5.71. The maximum atomic E-state index is 13.1. The highest BCUT2D eigenvalue weighted by atomic mass is 19.1. The molecule has 0 amide bonds. The van der Waals surface area contributed by atoms with E-state index in [4.69, 9.17) is 0 Å². The molecule has 0 heterocycles. The van der Waals surface area contributed by atoms with Crippen LogP contribution in [0.1, 0.15) is 16.7 Å². The molecule has 0 aliphatic heterocycles. The maximum Gasteiger partial charge on any atom is 0.126 e. The normalized spacial score (nSPS) is 10.3. The molecule has 2 aromatic carbocycles. The van der Waals surface area contributed by atoms with E-state index >= 15 is 0 Å². The third-order valence-corrected chi connectivity index (χ3v) is 2.87. The second-order valence-electron chi connectivity index (χ2n) is 4.21. The first-order chi connectivity index (χ1) is 8.19. The molecule has 17 heavy (non-hydrogen) atoms. The minimum Gasteiger partial charge on any atom is -0.388 e. The summed E-state index contributed by atoms with van der Waals surface area (Å²) in [4.78, 5) is 0. The molecule has 2 rings (SSSR count). The molecule has 0 atom stereocenters. The van der Waals surface area contributed by atoms with Crippen LogP contribution < -0.4 is 5.32 Å². The van der Waals surface area contributed by atoms with E-state index in [9.17, 15) is 4.39 Å². The second kappa shape index (κ2) is 5.00. The summed E-state index contributed by atoms with van der Waals surface area (Å²) in [5.74, 6) is -0.140. The Hall–Kier alpha value is -1.83. The molecule has 0 aliphatic carbocycles. The van der Waals surface area contributed by atoms with Crippen LogP contribution in [0, 0.1) is 12.7 Å². The van der Waals surface area contributed by atoms with E-state index in [0.29, 0.717) is 5.56 Å². The van der Waals surface area contributed by atoms with E-state index in [2.05, 4.69) is 17.4 Å². The maximum absolute atomic E-state index is 13.1. The topological polar surface area (TPSA) is 12.0 Å². The van der Waals surface area contributed by atoms with Crippen LogP contribution >= 0.6 is 0 Å². The van der Waals surface area contributed by atoms with E-state index in [1.807, 2.05) is 31.3 Å². The Balaban J connectivity index is 2.16. The number of nitrogens with one attached hydrogen (secondary N) is 1. The Morgan fingerprint density at radius 1 is 1.00 bits per heavy atom. The van der Waals surface area contributed by atoms with Gasteiger partial charge < -0.3 is 5.32 Å². The largest absolute Gasteiger partial charge is 0.388 e. The summed E-state index contributed by atoms with van der Waals surface area (Å²) in [5, 5.41) is 3.09. The van der Waals surface area contributed by atoms with Gasteiger partial charge in [-0.3, -0.25) is 0 Å². The number of benzene rings is 2. The first-order valence-electron chi connectivity index (χ1n) is 5.71. The molecule has 0 radical (unpaired) electrons. The molecule has 0 bridgehead atoms. The van der Waals surface area contributed by atoms with E-state index < -0.39 is 0 Å². The standard InChI is InChI=1S/C15H16FN/c1-11-9-13(5-8-15(11)16)10-12-3-6-14(17-2)7-4-12/h3-9,17H,10H2,1-2H3. The number of halogens is 1. The van der Waals surface area contributed by atoms with Crippen molar-refractivity contribution in [2.24, 2.45) is 0 Å². The minimum atomic E-state index is -0.140. The highest BCUT2D eigenvalue weighted by Gasteiger charge is 2.00. The molecule has 0 saturated carbocycles. The van der Waals surface area contributed by atoms with Gasteiger partial charge in [0.1, 0.15) is 5.82 Å². The molecule has 0 aromatic heterocycles. The lowest BCUT2D eigenvalue weighted by molar-refractivity contribution is 0.618. The predicted octanol–water partition coefficient (Wildman–Crippen LogP) is 3.77. The van der Waals surface area contributed by atoms with E-state index in [1.165, 1.54) is 11.6 Å². The zero-order valence-corrected chi connectivity index (χ0v) is 10.1. The van der Waals surface area contributed by atoms with Crippen LogP contribution in [-0.2, 0) is 6.42 Å². The molecule has 1 nitrogen and oxygen atoms in total. The molecule has 0 aliphatic rings. The van der Waals surface area contributed by atoms with Crippen molar-refractivity contribution in [2.45, 2.75) is 13.3 Å². The van der Waals surface area contributed by atoms with Crippen molar-refractivity contribution in [3.05, 3.63) is 65.0 Å². The fourth-order valence-electron chi connectivity index (χ4n) is 1.84. The number of hydrogen-bond donors (Lipinski definition) is 1. The van der Waals surface area contributed by atoms with Crippen LogP contribution in [-0.4, -0.2) is 7.05 Å². The van der Waals surface area contributed by atoms with Crippen LogP contribution in [0.25, 0.3) is 0 Å². The minimum absolute atomic E-state index is 0.140. The molecule has 0 fully saturated rings. The number of hydrogen-bond acceptors (Lipinski definition) is 1. The summed E-state index contributed by atoms with van der Waals surface area (Å²) in [6, 6.07) is 13.6. The Morgan fingerprint density at radius 2 is 1.65 bits per heavy atom. The Labute approximate surface area is 101 Å². The molecule has 1 N–H and O–H groups in total. The smallest absolute Gasteiger partial charge is 0.126 e. The van der Waals surface area contributed by atoms with Crippen molar-refractivity contribution in [1.82, 2.24) is 0 Å². The Morgan fingerprint density at radius 3 is 2.24 bits per heavy atom. The van der Waals surface area contributed by atoms with Gasteiger partial charge in [0.15, 0.2) is 0 Å². The van der Waals surface area contributed by atoms with Gasteiger partial charge >= 0.3 is 0 Å². The van der Waals surface area contributed by atoms with E-state index in [1.54, 1.807) is 6.92 Å². The van der Waals surface area contributed by atoms with Crippen molar-refractivity contribution < 1.29 is 4.39 Å². The molecule has 0 spiro atoms. The SMILES string of the molecule is CNc1ccc(Cc2ccc(F)c(C)c2)cc1. The third kappa shape index (κ3) is 2.84. The van der Waals surface area contributed by atoms with Crippen LogP contribution in [0.15, 0.2) is 42.5 Å². The predicted molar refractivity (Wildman–Crippen MR) is 69.9 cm³/mol. The summed E-state index contributed by atoms with van der Waals surface area (Å²) < 4.78 is 13.1. The zero-order valence-electron chi connectivity index (χ0n) is 10.1.